The third-order valence-corrected chi connectivity index (χ3v) is 6.35. The lowest BCUT2D eigenvalue weighted by molar-refractivity contribution is 0.177. The second-order valence-electron chi connectivity index (χ2n) is 8.30. The number of nitrogens with zero attached hydrogens (tertiary/aromatic N) is 5. The summed E-state index contributed by atoms with van der Waals surface area (Å²) in [6.07, 6.45) is 2.21. The number of hydrogen-bond acceptors (Lipinski definition) is 4. The lowest BCUT2D eigenvalue weighted by Gasteiger charge is -2.29. The van der Waals surface area contributed by atoms with Gasteiger partial charge in [0.2, 0.25) is 0 Å². The Morgan fingerprint density at radius 1 is 0.931 bits per heavy atom. The molecular weight excluding hydrogens is 358 g/mol. The van der Waals surface area contributed by atoms with Crippen LogP contribution in [-0.2, 0) is 13.0 Å². The smallest absolute Gasteiger partial charge is 0.116 e. The Bertz CT molecular complexity index is 936. The summed E-state index contributed by atoms with van der Waals surface area (Å²) in [7, 11) is 0. The Labute approximate surface area is 172 Å². The molecule has 0 N–H and O–H groups in total. The molecule has 3 heterocycles. The lowest BCUT2D eigenvalue weighted by Crippen LogP contribution is -2.41. The average Bonchev–Trinajstić information content (AvgIpc) is 3.33. The molecule has 2 aliphatic heterocycles. The van der Waals surface area contributed by atoms with Gasteiger partial charge in [-0.25, -0.2) is 4.68 Å². The number of benzene rings is 2. The molecule has 0 bridgehead atoms. The third kappa shape index (κ3) is 3.61. The minimum Gasteiger partial charge on any atom is -0.297 e. The van der Waals surface area contributed by atoms with Gasteiger partial charge in [0.25, 0.3) is 0 Å². The monoisotopic (exact) mass is 387 g/mol. The number of fused-ring (bicyclic) bond motifs is 3. The molecule has 2 atom stereocenters. The number of likely N-dealkylation sites (tertiary alicyclic amines) is 1. The highest BCUT2D eigenvalue weighted by Crippen LogP contribution is 2.34. The van der Waals surface area contributed by atoms with E-state index in [1.807, 2.05) is 0 Å². The van der Waals surface area contributed by atoms with Crippen LogP contribution in [0.4, 0.5) is 0 Å². The van der Waals surface area contributed by atoms with Crippen molar-refractivity contribution in [1.82, 2.24) is 24.8 Å². The van der Waals surface area contributed by atoms with E-state index in [0.717, 1.165) is 44.8 Å². The van der Waals surface area contributed by atoms with Crippen molar-refractivity contribution in [2.75, 3.05) is 26.2 Å². The summed E-state index contributed by atoms with van der Waals surface area (Å²) in [5.74, 6) is 0. The van der Waals surface area contributed by atoms with Crippen molar-refractivity contribution in [3.05, 3.63) is 71.9 Å². The highest BCUT2D eigenvalue weighted by molar-refractivity contribution is 5.61. The molecule has 5 rings (SSSR count). The van der Waals surface area contributed by atoms with E-state index in [1.165, 1.54) is 23.2 Å². The molecule has 29 heavy (non-hydrogen) atoms. The number of aromatic nitrogens is 3. The summed E-state index contributed by atoms with van der Waals surface area (Å²) < 4.78 is 2.26. The van der Waals surface area contributed by atoms with E-state index in [0.29, 0.717) is 12.1 Å². The predicted molar refractivity (Wildman–Crippen MR) is 116 cm³/mol. The zero-order valence-corrected chi connectivity index (χ0v) is 17.1. The largest absolute Gasteiger partial charge is 0.297 e. The topological polar surface area (TPSA) is 37.2 Å². The summed E-state index contributed by atoms with van der Waals surface area (Å²) in [6.45, 7) is 7.65. The minimum atomic E-state index is 0.368. The second-order valence-corrected chi connectivity index (χ2v) is 8.30. The van der Waals surface area contributed by atoms with E-state index in [4.69, 9.17) is 0 Å². The molecule has 5 nitrogen and oxygen atoms in total. The lowest BCUT2D eigenvalue weighted by atomic mass is 10.1. The maximum absolute atomic E-state index is 4.69. The summed E-state index contributed by atoms with van der Waals surface area (Å²) in [5.41, 5.74) is 4.92. The molecule has 3 aromatic rings. The SMILES string of the molecule is CCCN1CCc2c(-c3ccccc3)nnn2[C@H]2CN(Cc3ccccc3)C[C@H]21. The van der Waals surface area contributed by atoms with Gasteiger partial charge in [-0.15, -0.1) is 5.10 Å². The van der Waals surface area contributed by atoms with Crippen molar-refractivity contribution < 1.29 is 0 Å². The minimum absolute atomic E-state index is 0.368. The predicted octanol–water partition coefficient (Wildman–Crippen LogP) is 3.64. The van der Waals surface area contributed by atoms with Crippen LogP contribution in [0.2, 0.25) is 0 Å². The van der Waals surface area contributed by atoms with Crippen molar-refractivity contribution in [2.24, 2.45) is 0 Å². The molecule has 2 aromatic carbocycles. The Morgan fingerprint density at radius 3 is 2.41 bits per heavy atom. The van der Waals surface area contributed by atoms with Crippen LogP contribution in [0.25, 0.3) is 11.3 Å². The first-order chi connectivity index (χ1) is 14.3. The van der Waals surface area contributed by atoms with E-state index in [2.05, 4.69) is 92.4 Å². The van der Waals surface area contributed by atoms with E-state index in [1.54, 1.807) is 0 Å². The first-order valence-corrected chi connectivity index (χ1v) is 10.8. The summed E-state index contributed by atoms with van der Waals surface area (Å²) in [5, 5.41) is 9.31. The Morgan fingerprint density at radius 2 is 1.66 bits per heavy atom. The quantitative estimate of drug-likeness (QED) is 0.670. The molecule has 5 heteroatoms. The zero-order valence-electron chi connectivity index (χ0n) is 17.1. The molecule has 1 saturated heterocycles. The fourth-order valence-corrected chi connectivity index (χ4v) is 5.03. The van der Waals surface area contributed by atoms with Crippen LogP contribution >= 0.6 is 0 Å². The second kappa shape index (κ2) is 8.09. The Balaban J connectivity index is 1.46. The van der Waals surface area contributed by atoms with Crippen LogP contribution in [0.5, 0.6) is 0 Å². The molecular formula is C24H29N5. The molecule has 2 aliphatic rings. The van der Waals surface area contributed by atoms with E-state index < -0.39 is 0 Å². The maximum atomic E-state index is 4.69. The molecule has 0 amide bonds. The van der Waals surface area contributed by atoms with Gasteiger partial charge in [-0.2, -0.15) is 0 Å². The van der Waals surface area contributed by atoms with Gasteiger partial charge in [0.05, 0.1) is 11.7 Å². The highest BCUT2D eigenvalue weighted by Gasteiger charge is 2.41. The van der Waals surface area contributed by atoms with Gasteiger partial charge < -0.3 is 0 Å². The van der Waals surface area contributed by atoms with Crippen LogP contribution in [-0.4, -0.2) is 57.0 Å². The molecule has 0 spiro atoms. The van der Waals surface area contributed by atoms with Crippen molar-refractivity contribution in [2.45, 2.75) is 38.4 Å². The van der Waals surface area contributed by atoms with Crippen molar-refractivity contribution in [3.63, 3.8) is 0 Å². The average molecular weight is 388 g/mol. The summed E-state index contributed by atoms with van der Waals surface area (Å²) in [4.78, 5) is 5.28. The van der Waals surface area contributed by atoms with Gasteiger partial charge in [-0.3, -0.25) is 9.80 Å². The third-order valence-electron chi connectivity index (χ3n) is 6.35. The molecule has 0 unspecified atom stereocenters. The Hall–Kier alpha value is -2.50. The normalized spacial score (nSPS) is 22.2. The van der Waals surface area contributed by atoms with Crippen LogP contribution in [0.15, 0.2) is 60.7 Å². The molecule has 1 aromatic heterocycles. The summed E-state index contributed by atoms with van der Waals surface area (Å²) >= 11 is 0. The van der Waals surface area contributed by atoms with E-state index in [9.17, 15) is 0 Å². The van der Waals surface area contributed by atoms with Gasteiger partial charge in [0, 0.05) is 44.2 Å². The van der Waals surface area contributed by atoms with Gasteiger partial charge in [-0.1, -0.05) is 72.8 Å². The molecule has 0 radical (unpaired) electrons. The molecule has 1 fully saturated rings. The Kier molecular flexibility index (Phi) is 5.17. The van der Waals surface area contributed by atoms with Gasteiger partial charge in [0.1, 0.15) is 5.69 Å². The van der Waals surface area contributed by atoms with Crippen molar-refractivity contribution >= 4 is 0 Å². The highest BCUT2D eigenvalue weighted by atomic mass is 15.5. The van der Waals surface area contributed by atoms with E-state index >= 15 is 0 Å². The van der Waals surface area contributed by atoms with Crippen molar-refractivity contribution in [1.29, 1.82) is 0 Å². The van der Waals surface area contributed by atoms with Crippen molar-refractivity contribution in [3.8, 4) is 11.3 Å². The van der Waals surface area contributed by atoms with Crippen LogP contribution in [0, 0.1) is 0 Å². The van der Waals surface area contributed by atoms with Gasteiger partial charge >= 0.3 is 0 Å². The number of rotatable bonds is 5. The first kappa shape index (κ1) is 18.5. The zero-order chi connectivity index (χ0) is 19.6. The van der Waals surface area contributed by atoms with Crippen LogP contribution in [0.3, 0.4) is 0 Å². The summed E-state index contributed by atoms with van der Waals surface area (Å²) in [6, 6.07) is 22.2. The maximum Gasteiger partial charge on any atom is 0.116 e. The number of hydrogen-bond donors (Lipinski definition) is 0. The van der Waals surface area contributed by atoms with E-state index in [-0.39, 0.29) is 0 Å². The molecule has 0 saturated carbocycles. The fraction of sp³-hybridized carbons (Fsp3) is 0.417. The van der Waals surface area contributed by atoms with Crippen LogP contribution in [0.1, 0.15) is 30.6 Å². The molecule has 0 aliphatic carbocycles. The van der Waals surface area contributed by atoms with Crippen LogP contribution < -0.4 is 0 Å². The standard InChI is InChI=1S/C24H29N5/c1-2-14-28-15-13-21-24(20-11-7-4-8-12-20)25-26-29(21)23-18-27(17-22(23)28)16-19-9-5-3-6-10-19/h3-12,22-23H,2,13-18H2,1H3/t22-,23+/m1/s1. The first-order valence-electron chi connectivity index (χ1n) is 10.8. The molecule has 150 valence electrons. The van der Waals surface area contributed by atoms with Gasteiger partial charge in [-0.05, 0) is 18.5 Å². The van der Waals surface area contributed by atoms with Gasteiger partial charge in [0.15, 0.2) is 0 Å². The fourth-order valence-electron chi connectivity index (χ4n) is 5.03.